The van der Waals surface area contributed by atoms with Gasteiger partial charge in [0, 0.05) is 24.4 Å². The molecule has 0 aliphatic rings. The molecule has 0 saturated carbocycles. The molecule has 2 N–H and O–H groups in total. The van der Waals surface area contributed by atoms with E-state index in [1.807, 2.05) is 0 Å². The fourth-order valence-electron chi connectivity index (χ4n) is 2.27. The van der Waals surface area contributed by atoms with Crippen molar-refractivity contribution in [1.29, 1.82) is 0 Å². The van der Waals surface area contributed by atoms with Gasteiger partial charge in [-0.05, 0) is 35.9 Å². The van der Waals surface area contributed by atoms with Crippen molar-refractivity contribution in [3.05, 3.63) is 48.5 Å². The fraction of sp³-hybridized carbons (Fsp3) is 0.118. The molecule has 7 heteroatoms. The van der Waals surface area contributed by atoms with Gasteiger partial charge in [0.2, 0.25) is 0 Å². The van der Waals surface area contributed by atoms with Gasteiger partial charge in [-0.2, -0.15) is 4.39 Å². The van der Waals surface area contributed by atoms with Crippen LogP contribution in [-0.2, 0) is 0 Å². The molecule has 3 aromatic rings. The third kappa shape index (κ3) is 2.96. The number of nitrogens with one attached hydrogen (secondary N) is 1. The first kappa shape index (κ1) is 15.7. The third-order valence-electron chi connectivity index (χ3n) is 3.55. The van der Waals surface area contributed by atoms with Crippen LogP contribution in [0, 0.1) is 5.95 Å². The minimum Gasteiger partial charge on any atom is -0.507 e. The van der Waals surface area contributed by atoms with Crippen LogP contribution in [0.2, 0.25) is 0 Å². The Morgan fingerprint density at radius 2 is 1.92 bits per heavy atom. The Kier molecular flexibility index (Phi) is 4.24. The summed E-state index contributed by atoms with van der Waals surface area (Å²) in [4.78, 5) is 3.65. The van der Waals surface area contributed by atoms with Gasteiger partial charge in [0.1, 0.15) is 11.6 Å². The number of hydrogen-bond acceptors (Lipinski definition) is 6. The number of aromatic hydroxyl groups is 1. The van der Waals surface area contributed by atoms with E-state index in [4.69, 9.17) is 4.74 Å². The first-order valence-electron chi connectivity index (χ1n) is 7.17. The quantitative estimate of drug-likeness (QED) is 0.717. The van der Waals surface area contributed by atoms with Gasteiger partial charge < -0.3 is 15.2 Å². The van der Waals surface area contributed by atoms with Crippen LogP contribution < -0.4 is 10.1 Å². The summed E-state index contributed by atoms with van der Waals surface area (Å²) in [5.41, 5.74) is 2.41. The van der Waals surface area contributed by atoms with Gasteiger partial charge in [-0.25, -0.2) is 4.98 Å². The minimum absolute atomic E-state index is 0.0438. The molecule has 3 rings (SSSR count). The Labute approximate surface area is 138 Å². The van der Waals surface area contributed by atoms with E-state index in [1.54, 1.807) is 37.4 Å². The lowest BCUT2D eigenvalue weighted by Gasteiger charge is -2.09. The van der Waals surface area contributed by atoms with E-state index in [0.29, 0.717) is 28.2 Å². The number of nitrogens with zero attached hydrogens (tertiary/aromatic N) is 3. The van der Waals surface area contributed by atoms with E-state index in [2.05, 4.69) is 20.5 Å². The van der Waals surface area contributed by atoms with Crippen LogP contribution in [0.25, 0.3) is 22.4 Å². The van der Waals surface area contributed by atoms with Crippen molar-refractivity contribution in [3.63, 3.8) is 0 Å². The molecule has 0 aliphatic carbocycles. The van der Waals surface area contributed by atoms with E-state index in [1.165, 1.54) is 19.4 Å². The van der Waals surface area contributed by atoms with E-state index < -0.39 is 5.95 Å². The Balaban J connectivity index is 1.97. The Morgan fingerprint density at radius 3 is 2.54 bits per heavy atom. The number of phenols is 1. The summed E-state index contributed by atoms with van der Waals surface area (Å²) >= 11 is 0. The van der Waals surface area contributed by atoms with Crippen LogP contribution in [-0.4, -0.2) is 34.4 Å². The largest absolute Gasteiger partial charge is 0.507 e. The van der Waals surface area contributed by atoms with Crippen molar-refractivity contribution >= 4 is 5.82 Å². The summed E-state index contributed by atoms with van der Waals surface area (Å²) in [7, 11) is 3.12. The topological polar surface area (TPSA) is 80.2 Å². The van der Waals surface area contributed by atoms with Crippen LogP contribution in [0.15, 0.2) is 42.6 Å². The number of pyridine rings is 1. The lowest BCUT2D eigenvalue weighted by molar-refractivity contribution is 0.378. The van der Waals surface area contributed by atoms with E-state index in [-0.39, 0.29) is 11.5 Å². The zero-order valence-electron chi connectivity index (χ0n) is 13.1. The molecule has 2 aromatic heterocycles. The number of ether oxygens (including phenoxy) is 1. The molecule has 1 aromatic carbocycles. The van der Waals surface area contributed by atoms with Crippen molar-refractivity contribution in [1.82, 2.24) is 15.2 Å². The van der Waals surface area contributed by atoms with Gasteiger partial charge in [0.05, 0.1) is 12.8 Å². The molecule has 0 amide bonds. The summed E-state index contributed by atoms with van der Waals surface area (Å²) in [5, 5.41) is 21.2. The van der Waals surface area contributed by atoms with Crippen molar-refractivity contribution in [2.45, 2.75) is 0 Å². The maximum atomic E-state index is 13.4. The second-order valence-electron chi connectivity index (χ2n) is 5.00. The maximum absolute atomic E-state index is 13.4. The van der Waals surface area contributed by atoms with Gasteiger partial charge in [-0.1, -0.05) is 6.07 Å². The highest BCUT2D eigenvalue weighted by atomic mass is 19.1. The van der Waals surface area contributed by atoms with Crippen LogP contribution >= 0.6 is 0 Å². The molecule has 0 bridgehead atoms. The van der Waals surface area contributed by atoms with Crippen molar-refractivity contribution in [2.75, 3.05) is 19.5 Å². The normalized spacial score (nSPS) is 10.5. The standard InChI is InChI=1S/C17H15FN4O2/c1-19-16-6-5-13(21-22-16)12-4-3-10(7-14(12)23)11-8-15(24-2)17(18)20-9-11/h3-9,23H,1-2H3,(H,19,22). The molecule has 0 spiro atoms. The zero-order chi connectivity index (χ0) is 17.1. The predicted octanol–water partition coefficient (Wildman–Crippen LogP) is 3.10. The van der Waals surface area contributed by atoms with Crippen LogP contribution in [0.5, 0.6) is 11.5 Å². The van der Waals surface area contributed by atoms with Gasteiger partial charge in [-0.3, -0.25) is 0 Å². The molecule has 6 nitrogen and oxygen atoms in total. The highest BCUT2D eigenvalue weighted by molar-refractivity contribution is 5.74. The molecule has 0 atom stereocenters. The number of benzene rings is 1. The van der Waals surface area contributed by atoms with Gasteiger partial charge in [0.25, 0.3) is 5.95 Å². The van der Waals surface area contributed by atoms with E-state index >= 15 is 0 Å². The smallest absolute Gasteiger partial charge is 0.255 e. The SMILES string of the molecule is CNc1ccc(-c2ccc(-c3cnc(F)c(OC)c3)cc2O)nn1. The number of methoxy groups -OCH3 is 1. The van der Waals surface area contributed by atoms with E-state index in [9.17, 15) is 9.50 Å². The highest BCUT2D eigenvalue weighted by Crippen LogP contribution is 2.33. The van der Waals surface area contributed by atoms with Crippen LogP contribution in [0.1, 0.15) is 0 Å². The lowest BCUT2D eigenvalue weighted by atomic mass is 10.0. The third-order valence-corrected chi connectivity index (χ3v) is 3.55. The maximum Gasteiger partial charge on any atom is 0.255 e. The molecule has 24 heavy (non-hydrogen) atoms. The first-order valence-corrected chi connectivity index (χ1v) is 7.17. The number of halogens is 1. The van der Waals surface area contributed by atoms with Crippen molar-refractivity contribution < 1.29 is 14.2 Å². The average molecular weight is 326 g/mol. The molecule has 0 aliphatic heterocycles. The number of anilines is 1. The highest BCUT2D eigenvalue weighted by Gasteiger charge is 2.11. The Morgan fingerprint density at radius 1 is 1.08 bits per heavy atom. The molecule has 0 unspecified atom stereocenters. The second-order valence-corrected chi connectivity index (χ2v) is 5.00. The van der Waals surface area contributed by atoms with Gasteiger partial charge in [0.15, 0.2) is 5.75 Å². The van der Waals surface area contributed by atoms with Crippen LogP contribution in [0.4, 0.5) is 10.2 Å². The molecule has 0 fully saturated rings. The number of hydrogen-bond donors (Lipinski definition) is 2. The van der Waals surface area contributed by atoms with Gasteiger partial charge >= 0.3 is 0 Å². The Bertz CT molecular complexity index is 869. The lowest BCUT2D eigenvalue weighted by Crippen LogP contribution is -1.95. The summed E-state index contributed by atoms with van der Waals surface area (Å²) < 4.78 is 18.3. The summed E-state index contributed by atoms with van der Waals surface area (Å²) in [6.07, 6.45) is 1.38. The predicted molar refractivity (Wildman–Crippen MR) is 88.4 cm³/mol. The molecular weight excluding hydrogens is 311 g/mol. The summed E-state index contributed by atoms with van der Waals surface area (Å²) in [6, 6.07) is 10.1. The van der Waals surface area contributed by atoms with Crippen molar-refractivity contribution in [3.8, 4) is 33.9 Å². The summed E-state index contributed by atoms with van der Waals surface area (Å²) in [5.74, 6) is 0.0493. The summed E-state index contributed by atoms with van der Waals surface area (Å²) in [6.45, 7) is 0. The fourth-order valence-corrected chi connectivity index (χ4v) is 2.27. The van der Waals surface area contributed by atoms with E-state index in [0.717, 1.165) is 0 Å². The average Bonchev–Trinajstić information content (AvgIpc) is 2.62. The minimum atomic E-state index is -0.679. The molecule has 2 heterocycles. The molecule has 122 valence electrons. The Hall–Kier alpha value is -3.22. The monoisotopic (exact) mass is 326 g/mol. The van der Waals surface area contributed by atoms with Crippen molar-refractivity contribution in [2.24, 2.45) is 0 Å². The second kappa shape index (κ2) is 6.49. The first-order chi connectivity index (χ1) is 11.6. The number of aromatic nitrogens is 3. The molecule has 0 radical (unpaired) electrons. The molecular formula is C17H15FN4O2. The number of phenolic OH excluding ortho intramolecular Hbond substituents is 1. The number of rotatable bonds is 4. The zero-order valence-corrected chi connectivity index (χ0v) is 13.1. The van der Waals surface area contributed by atoms with Gasteiger partial charge in [-0.15, -0.1) is 10.2 Å². The van der Waals surface area contributed by atoms with Crippen LogP contribution in [0.3, 0.4) is 0 Å². The molecule has 0 saturated heterocycles.